The molecule has 0 aromatic carbocycles. The van der Waals surface area contributed by atoms with E-state index in [9.17, 15) is 20.1 Å². The molecule has 0 bridgehead atoms. The van der Waals surface area contributed by atoms with Gasteiger partial charge in [-0.15, -0.1) is 0 Å². The summed E-state index contributed by atoms with van der Waals surface area (Å²) < 4.78 is 0. The van der Waals surface area contributed by atoms with Crippen molar-refractivity contribution in [3.63, 3.8) is 0 Å². The predicted molar refractivity (Wildman–Crippen MR) is 130 cm³/mol. The van der Waals surface area contributed by atoms with Gasteiger partial charge in [-0.3, -0.25) is 4.79 Å². The van der Waals surface area contributed by atoms with Crippen LogP contribution in [0.5, 0.6) is 0 Å². The molecule has 0 aromatic heterocycles. The highest BCUT2D eigenvalue weighted by molar-refractivity contribution is 6.00. The first-order chi connectivity index (χ1) is 14.8. The standard InChI is InChI=1S/C28H44O4.H2O/c1-17(2)18(3)7-8-19(4)21-9-10-22-23-15-24(30)28(32)16-20(29)11-12-26(28,6)27(23,31)14-13-25(21,22)5;/h7-8,15,17-22,29,31-32H,9-14,16H2,1-6H3;1H2/b8-7+;/t18-,19+,20-,21+,22-,25+,26+,27+,28-;/m0./s1. The van der Waals surface area contributed by atoms with E-state index in [2.05, 4.69) is 46.8 Å². The molecule has 5 heteroatoms. The molecule has 0 heterocycles. The van der Waals surface area contributed by atoms with Crippen molar-refractivity contribution >= 4 is 5.78 Å². The number of hydrogen-bond acceptors (Lipinski definition) is 4. The Hall–Kier alpha value is -1.01. The Morgan fingerprint density at radius 1 is 0.970 bits per heavy atom. The lowest BCUT2D eigenvalue weighted by molar-refractivity contribution is -0.223. The van der Waals surface area contributed by atoms with Crippen molar-refractivity contribution in [2.45, 2.75) is 104 Å². The van der Waals surface area contributed by atoms with Crippen LogP contribution in [0.15, 0.2) is 23.8 Å². The van der Waals surface area contributed by atoms with E-state index in [1.807, 2.05) is 6.92 Å². The molecule has 9 atom stereocenters. The number of rotatable bonds is 4. The monoisotopic (exact) mass is 462 g/mol. The molecule has 4 aliphatic carbocycles. The Kier molecular flexibility index (Phi) is 6.92. The number of aliphatic hydroxyl groups excluding tert-OH is 1. The number of carbonyl (C=O) groups is 1. The lowest BCUT2D eigenvalue weighted by Gasteiger charge is -2.63. The highest BCUT2D eigenvalue weighted by Gasteiger charge is 2.71. The van der Waals surface area contributed by atoms with E-state index in [1.54, 1.807) is 6.08 Å². The lowest BCUT2D eigenvalue weighted by atomic mass is 9.43. The van der Waals surface area contributed by atoms with Crippen molar-refractivity contribution in [2.24, 2.45) is 40.4 Å². The molecule has 0 amide bonds. The second kappa shape index (κ2) is 8.58. The number of fused-ring (bicyclic) bond motifs is 5. The van der Waals surface area contributed by atoms with Gasteiger partial charge in [-0.05, 0) is 85.2 Å². The van der Waals surface area contributed by atoms with Gasteiger partial charge in [0.2, 0.25) is 0 Å². The summed E-state index contributed by atoms with van der Waals surface area (Å²) in [6, 6.07) is 0. The minimum atomic E-state index is -1.68. The van der Waals surface area contributed by atoms with Crippen LogP contribution in [0.4, 0.5) is 0 Å². The molecule has 0 radical (unpaired) electrons. The molecule has 5 N–H and O–H groups in total. The van der Waals surface area contributed by atoms with Gasteiger partial charge in [0, 0.05) is 11.8 Å². The Morgan fingerprint density at radius 2 is 1.64 bits per heavy atom. The van der Waals surface area contributed by atoms with Crippen LogP contribution in [-0.4, -0.2) is 43.9 Å². The maximum Gasteiger partial charge on any atom is 0.188 e. The van der Waals surface area contributed by atoms with Crippen LogP contribution in [0.1, 0.15) is 86.5 Å². The van der Waals surface area contributed by atoms with Crippen molar-refractivity contribution in [1.82, 2.24) is 0 Å². The van der Waals surface area contributed by atoms with Crippen LogP contribution >= 0.6 is 0 Å². The van der Waals surface area contributed by atoms with E-state index in [0.717, 1.165) is 24.8 Å². The molecular formula is C28H46O5. The van der Waals surface area contributed by atoms with Crippen LogP contribution in [-0.2, 0) is 4.79 Å². The molecule has 4 rings (SSSR count). The van der Waals surface area contributed by atoms with E-state index in [1.165, 1.54) is 0 Å². The summed E-state index contributed by atoms with van der Waals surface area (Å²) in [5.41, 5.74) is -2.90. The van der Waals surface area contributed by atoms with Gasteiger partial charge in [0.1, 0.15) is 5.60 Å². The summed E-state index contributed by atoms with van der Waals surface area (Å²) in [4.78, 5) is 13.3. The van der Waals surface area contributed by atoms with E-state index in [0.29, 0.717) is 42.9 Å². The second-order valence-electron chi connectivity index (χ2n) is 12.5. The minimum Gasteiger partial charge on any atom is -0.412 e. The molecule has 5 nitrogen and oxygen atoms in total. The molecule has 0 spiro atoms. The maximum absolute atomic E-state index is 13.3. The quantitative estimate of drug-likeness (QED) is 0.549. The molecule has 3 saturated carbocycles. The van der Waals surface area contributed by atoms with Gasteiger partial charge in [-0.2, -0.15) is 0 Å². The topological polar surface area (TPSA) is 109 Å². The predicted octanol–water partition coefficient (Wildman–Crippen LogP) is 3.99. The van der Waals surface area contributed by atoms with Crippen LogP contribution in [0.3, 0.4) is 0 Å². The summed E-state index contributed by atoms with van der Waals surface area (Å²) >= 11 is 0. The number of carbonyl (C=O) groups excluding carboxylic acids is 1. The van der Waals surface area contributed by atoms with Gasteiger partial charge in [0.25, 0.3) is 0 Å². The normalized spacial score (nSPS) is 46.8. The number of allylic oxidation sites excluding steroid dienone is 2. The Morgan fingerprint density at radius 3 is 2.27 bits per heavy atom. The van der Waals surface area contributed by atoms with Crippen molar-refractivity contribution in [2.75, 3.05) is 0 Å². The first kappa shape index (κ1) is 26.6. The number of aliphatic hydroxyl groups is 3. The average molecular weight is 463 g/mol. The zero-order valence-corrected chi connectivity index (χ0v) is 21.4. The van der Waals surface area contributed by atoms with Gasteiger partial charge in [-0.1, -0.05) is 53.7 Å². The third-order valence-corrected chi connectivity index (χ3v) is 10.7. The highest BCUT2D eigenvalue weighted by atomic mass is 16.3. The zero-order chi connectivity index (χ0) is 23.7. The third kappa shape index (κ3) is 3.61. The minimum absolute atomic E-state index is 0. The van der Waals surface area contributed by atoms with Crippen LogP contribution in [0, 0.1) is 40.4 Å². The van der Waals surface area contributed by atoms with E-state index in [-0.39, 0.29) is 29.0 Å². The van der Waals surface area contributed by atoms with Crippen LogP contribution in [0.2, 0.25) is 0 Å². The smallest absolute Gasteiger partial charge is 0.188 e. The van der Waals surface area contributed by atoms with Crippen molar-refractivity contribution < 1.29 is 25.6 Å². The molecule has 0 aliphatic heterocycles. The van der Waals surface area contributed by atoms with Gasteiger partial charge in [0.15, 0.2) is 5.78 Å². The molecule has 33 heavy (non-hydrogen) atoms. The summed E-state index contributed by atoms with van der Waals surface area (Å²) in [7, 11) is 0. The van der Waals surface area contributed by atoms with Gasteiger partial charge >= 0.3 is 0 Å². The molecular weight excluding hydrogens is 416 g/mol. The number of ketones is 1. The first-order valence-electron chi connectivity index (χ1n) is 12.9. The average Bonchev–Trinajstić information content (AvgIpc) is 3.07. The summed E-state index contributed by atoms with van der Waals surface area (Å²) in [5, 5.41) is 33.9. The fraction of sp³-hybridized carbons (Fsp3) is 0.821. The second-order valence-corrected chi connectivity index (χ2v) is 12.5. The van der Waals surface area contributed by atoms with E-state index in [4.69, 9.17) is 0 Å². The molecule has 0 aromatic rings. The lowest BCUT2D eigenvalue weighted by Crippen LogP contribution is -2.71. The maximum atomic E-state index is 13.3. The fourth-order valence-electron chi connectivity index (χ4n) is 7.91. The Bertz CT molecular complexity index is 832. The molecule has 188 valence electrons. The van der Waals surface area contributed by atoms with Crippen molar-refractivity contribution in [3.05, 3.63) is 23.8 Å². The van der Waals surface area contributed by atoms with E-state index >= 15 is 0 Å². The zero-order valence-electron chi connectivity index (χ0n) is 21.4. The molecule has 0 saturated heterocycles. The fourth-order valence-corrected chi connectivity index (χ4v) is 7.91. The number of hydrogen-bond donors (Lipinski definition) is 3. The SMILES string of the molecule is CC(C)[C@@H](C)/C=C/[C@@H](C)[C@H]1CC[C@H]2C3=CC(=O)[C@@]4(O)C[C@@H](O)CC[C@]4(C)[C@@]3(O)CC[C@]12C.O. The van der Waals surface area contributed by atoms with Crippen molar-refractivity contribution in [1.29, 1.82) is 0 Å². The van der Waals surface area contributed by atoms with Crippen LogP contribution in [0.25, 0.3) is 0 Å². The van der Waals surface area contributed by atoms with Crippen LogP contribution < -0.4 is 0 Å². The van der Waals surface area contributed by atoms with Crippen molar-refractivity contribution in [3.8, 4) is 0 Å². The van der Waals surface area contributed by atoms with E-state index < -0.39 is 22.7 Å². The largest absolute Gasteiger partial charge is 0.412 e. The highest BCUT2D eigenvalue weighted by Crippen LogP contribution is 2.68. The van der Waals surface area contributed by atoms with Gasteiger partial charge in [0.05, 0.1) is 11.7 Å². The summed E-state index contributed by atoms with van der Waals surface area (Å²) in [6.45, 7) is 13.4. The summed E-state index contributed by atoms with van der Waals surface area (Å²) in [5.74, 6) is 2.01. The Labute approximate surface area is 199 Å². The molecule has 3 fully saturated rings. The van der Waals surface area contributed by atoms with Gasteiger partial charge < -0.3 is 20.8 Å². The van der Waals surface area contributed by atoms with Gasteiger partial charge in [-0.25, -0.2) is 0 Å². The first-order valence-corrected chi connectivity index (χ1v) is 12.9. The Balaban J connectivity index is 0.00000306. The molecule has 0 unspecified atom stereocenters. The molecule has 4 aliphatic rings. The summed E-state index contributed by atoms with van der Waals surface area (Å²) in [6.07, 6.45) is 10.2. The third-order valence-electron chi connectivity index (χ3n) is 10.7.